The Kier molecular flexibility index (Phi) is 3.91. The second-order valence-corrected chi connectivity index (χ2v) is 9.04. The molecule has 0 aliphatic carbocycles. The van der Waals surface area contributed by atoms with Crippen LogP contribution in [0.1, 0.15) is 11.1 Å². The van der Waals surface area contributed by atoms with E-state index in [0.29, 0.717) is 36.0 Å². The number of carbonyl (C=O) groups excluding carboxylic acids is 3. The number of nitrogens with zero attached hydrogens (tertiary/aromatic N) is 2. The molecule has 4 heterocycles. The monoisotopic (exact) mass is 436 g/mol. The zero-order valence-electron chi connectivity index (χ0n) is 16.9. The van der Waals surface area contributed by atoms with Gasteiger partial charge in [-0.1, -0.05) is 35.9 Å². The van der Waals surface area contributed by atoms with Crippen molar-refractivity contribution in [3.63, 3.8) is 0 Å². The maximum atomic E-state index is 13.9. The highest BCUT2D eigenvalue weighted by molar-refractivity contribution is 6.32. The lowest BCUT2D eigenvalue weighted by Gasteiger charge is -2.42. The molecule has 0 bridgehead atoms. The fourth-order valence-corrected chi connectivity index (χ4v) is 6.26. The lowest BCUT2D eigenvalue weighted by Crippen LogP contribution is -2.61. The van der Waals surface area contributed by atoms with E-state index in [1.165, 1.54) is 4.90 Å². The zero-order valence-corrected chi connectivity index (χ0v) is 17.6. The van der Waals surface area contributed by atoms with Crippen LogP contribution in [0.3, 0.4) is 0 Å². The largest absolute Gasteiger partial charge is 0.324 e. The van der Waals surface area contributed by atoms with E-state index < -0.39 is 17.4 Å². The molecule has 4 atom stereocenters. The zero-order chi connectivity index (χ0) is 21.5. The molecule has 2 N–H and O–H groups in total. The van der Waals surface area contributed by atoms with Gasteiger partial charge in [-0.3, -0.25) is 19.3 Å². The third-order valence-electron chi connectivity index (χ3n) is 7.36. The Morgan fingerprint density at radius 2 is 1.84 bits per heavy atom. The van der Waals surface area contributed by atoms with Crippen LogP contribution < -0.4 is 15.5 Å². The van der Waals surface area contributed by atoms with Crippen molar-refractivity contribution in [2.45, 2.75) is 18.5 Å². The molecule has 6 rings (SSSR count). The Balaban J connectivity index is 1.59. The fraction of sp³-hybridized carbons (Fsp3) is 0.348. The lowest BCUT2D eigenvalue weighted by molar-refractivity contribution is -0.136. The van der Waals surface area contributed by atoms with Gasteiger partial charge in [-0.2, -0.15) is 0 Å². The molecule has 0 saturated carbocycles. The summed E-state index contributed by atoms with van der Waals surface area (Å²) < 4.78 is 0. The molecule has 158 valence electrons. The van der Waals surface area contributed by atoms with Gasteiger partial charge in [0, 0.05) is 36.3 Å². The smallest absolute Gasteiger partial charge is 0.250 e. The Hall–Kier alpha value is -2.74. The number of carbonyl (C=O) groups is 3. The van der Waals surface area contributed by atoms with Crippen molar-refractivity contribution in [2.24, 2.45) is 11.8 Å². The maximum absolute atomic E-state index is 13.9. The Bertz CT molecular complexity index is 1150. The first kappa shape index (κ1) is 19.0. The first-order valence-electron chi connectivity index (χ1n) is 10.5. The Morgan fingerprint density at radius 1 is 1.06 bits per heavy atom. The van der Waals surface area contributed by atoms with Gasteiger partial charge in [0.05, 0.1) is 23.2 Å². The number of hydrogen-bond acceptors (Lipinski definition) is 5. The van der Waals surface area contributed by atoms with Gasteiger partial charge in [-0.15, -0.1) is 0 Å². The molecule has 8 heteroatoms. The highest BCUT2D eigenvalue weighted by Gasteiger charge is 2.74. The van der Waals surface area contributed by atoms with Crippen LogP contribution >= 0.6 is 11.6 Å². The average molecular weight is 437 g/mol. The molecular weight excluding hydrogens is 416 g/mol. The van der Waals surface area contributed by atoms with E-state index in [2.05, 4.69) is 15.5 Å². The molecule has 7 nitrogen and oxygen atoms in total. The number of rotatable bonds is 1. The van der Waals surface area contributed by atoms with Gasteiger partial charge in [0.1, 0.15) is 5.54 Å². The molecule has 2 aromatic rings. The number of hydrogen-bond donors (Lipinski definition) is 2. The molecule has 4 aliphatic heterocycles. The minimum absolute atomic E-state index is 0.233. The lowest BCUT2D eigenvalue weighted by atomic mass is 9.76. The van der Waals surface area contributed by atoms with Crippen LogP contribution in [0.2, 0.25) is 5.02 Å². The van der Waals surface area contributed by atoms with E-state index in [1.54, 1.807) is 30.3 Å². The highest BCUT2D eigenvalue weighted by Crippen LogP contribution is 2.59. The van der Waals surface area contributed by atoms with Crippen molar-refractivity contribution in [3.8, 4) is 0 Å². The Labute approximate surface area is 184 Å². The number of benzene rings is 2. The van der Waals surface area contributed by atoms with Gasteiger partial charge < -0.3 is 10.6 Å². The van der Waals surface area contributed by atoms with Crippen LogP contribution in [0, 0.1) is 18.8 Å². The molecular formula is C23H21ClN4O3. The molecule has 4 aliphatic rings. The number of amides is 3. The standard InChI is InChI=1S/C23H21ClN4O3/c1-12-15(24)8-7-14-19(12)26-22(31)23(14)18-17(16-11-25-9-10-27(16)23)20(29)28(21(18)30)13-5-3-2-4-6-13/h2-8,16-18,25H,9-11H2,1H3,(H,26,31)/t16-,17+,18-,23+/m1/s1. The number of piperazine rings is 1. The van der Waals surface area contributed by atoms with E-state index in [4.69, 9.17) is 11.6 Å². The molecule has 31 heavy (non-hydrogen) atoms. The minimum Gasteiger partial charge on any atom is -0.324 e. The fourth-order valence-electron chi connectivity index (χ4n) is 6.10. The van der Waals surface area contributed by atoms with E-state index >= 15 is 0 Å². The normalized spacial score (nSPS) is 31.7. The van der Waals surface area contributed by atoms with Gasteiger partial charge in [0.2, 0.25) is 17.7 Å². The van der Waals surface area contributed by atoms with E-state index in [1.807, 2.05) is 19.1 Å². The summed E-state index contributed by atoms with van der Waals surface area (Å²) in [5.41, 5.74) is 1.52. The summed E-state index contributed by atoms with van der Waals surface area (Å²) >= 11 is 6.33. The highest BCUT2D eigenvalue weighted by atomic mass is 35.5. The van der Waals surface area contributed by atoms with Crippen molar-refractivity contribution >= 4 is 40.7 Å². The summed E-state index contributed by atoms with van der Waals surface area (Å²) in [6, 6.07) is 12.3. The predicted molar refractivity (Wildman–Crippen MR) is 116 cm³/mol. The minimum atomic E-state index is -1.21. The summed E-state index contributed by atoms with van der Waals surface area (Å²) in [5, 5.41) is 6.91. The van der Waals surface area contributed by atoms with Gasteiger partial charge >= 0.3 is 0 Å². The first-order chi connectivity index (χ1) is 15.0. The van der Waals surface area contributed by atoms with Crippen LogP contribution in [-0.4, -0.2) is 48.3 Å². The number of anilines is 2. The molecule has 1 spiro atoms. The third-order valence-corrected chi connectivity index (χ3v) is 7.77. The molecule has 3 fully saturated rings. The topological polar surface area (TPSA) is 81.8 Å². The van der Waals surface area contributed by atoms with Gasteiger partial charge in [0.15, 0.2) is 0 Å². The van der Waals surface area contributed by atoms with Crippen molar-refractivity contribution in [1.82, 2.24) is 10.2 Å². The summed E-state index contributed by atoms with van der Waals surface area (Å²) in [6.07, 6.45) is 0. The van der Waals surface area contributed by atoms with E-state index in [0.717, 1.165) is 11.1 Å². The van der Waals surface area contributed by atoms with Crippen LogP contribution in [0.15, 0.2) is 42.5 Å². The van der Waals surface area contributed by atoms with Crippen molar-refractivity contribution in [1.29, 1.82) is 0 Å². The quantitative estimate of drug-likeness (QED) is 0.667. The first-order valence-corrected chi connectivity index (χ1v) is 10.9. The van der Waals surface area contributed by atoms with Crippen LogP contribution in [-0.2, 0) is 19.9 Å². The summed E-state index contributed by atoms with van der Waals surface area (Å²) in [5.74, 6) is -2.17. The molecule has 0 radical (unpaired) electrons. The number of para-hydroxylation sites is 1. The summed E-state index contributed by atoms with van der Waals surface area (Å²) in [6.45, 7) is 3.69. The van der Waals surface area contributed by atoms with Crippen LogP contribution in [0.5, 0.6) is 0 Å². The van der Waals surface area contributed by atoms with Crippen LogP contribution in [0.25, 0.3) is 0 Å². The number of imide groups is 1. The van der Waals surface area contributed by atoms with E-state index in [9.17, 15) is 14.4 Å². The molecule has 3 saturated heterocycles. The second-order valence-electron chi connectivity index (χ2n) is 8.63. The molecule has 0 unspecified atom stereocenters. The summed E-state index contributed by atoms with van der Waals surface area (Å²) in [4.78, 5) is 44.6. The summed E-state index contributed by atoms with van der Waals surface area (Å²) in [7, 11) is 0. The number of fused-ring (bicyclic) bond motifs is 7. The number of halogens is 1. The van der Waals surface area contributed by atoms with E-state index in [-0.39, 0.29) is 23.8 Å². The molecule has 2 aromatic carbocycles. The molecule has 3 amide bonds. The predicted octanol–water partition coefficient (Wildman–Crippen LogP) is 1.89. The Morgan fingerprint density at radius 3 is 2.61 bits per heavy atom. The third kappa shape index (κ3) is 2.18. The van der Waals surface area contributed by atoms with Gasteiger partial charge in [0.25, 0.3) is 0 Å². The second kappa shape index (κ2) is 6.38. The average Bonchev–Trinajstić information content (AvgIpc) is 3.35. The molecule has 0 aromatic heterocycles. The number of nitrogens with one attached hydrogen (secondary N) is 2. The van der Waals surface area contributed by atoms with Gasteiger partial charge in [-0.25, -0.2) is 4.90 Å². The van der Waals surface area contributed by atoms with Gasteiger partial charge in [-0.05, 0) is 30.7 Å². The van der Waals surface area contributed by atoms with Crippen molar-refractivity contribution < 1.29 is 14.4 Å². The van der Waals surface area contributed by atoms with Crippen LogP contribution in [0.4, 0.5) is 11.4 Å². The SMILES string of the molecule is Cc1c(Cl)ccc2c1NC(=O)[C@@]21[C@H]2C(=O)N(c3ccccc3)C(=O)[C@H]2[C@H]2CNCCN21. The van der Waals surface area contributed by atoms with Crippen molar-refractivity contribution in [3.05, 3.63) is 58.6 Å². The maximum Gasteiger partial charge on any atom is 0.250 e. The van der Waals surface area contributed by atoms with Crippen molar-refractivity contribution in [2.75, 3.05) is 29.9 Å².